The summed E-state index contributed by atoms with van der Waals surface area (Å²) < 4.78 is 15.9. The van der Waals surface area contributed by atoms with Crippen molar-refractivity contribution >= 4 is 11.9 Å². The first-order valence-corrected chi connectivity index (χ1v) is 9.79. The van der Waals surface area contributed by atoms with Gasteiger partial charge in [-0.15, -0.1) is 0 Å². The van der Waals surface area contributed by atoms with Crippen LogP contribution in [0, 0.1) is 13.8 Å². The van der Waals surface area contributed by atoms with E-state index in [2.05, 4.69) is 20.4 Å². The summed E-state index contributed by atoms with van der Waals surface area (Å²) in [6, 6.07) is 6.87. The Morgan fingerprint density at radius 3 is 2.55 bits per heavy atom. The van der Waals surface area contributed by atoms with E-state index in [1.54, 1.807) is 13.8 Å². The second-order valence-corrected chi connectivity index (χ2v) is 7.05. The number of benzene rings is 1. The van der Waals surface area contributed by atoms with Gasteiger partial charge in [-0.25, -0.2) is 4.98 Å². The van der Waals surface area contributed by atoms with Crippen molar-refractivity contribution in [3.05, 3.63) is 53.1 Å². The van der Waals surface area contributed by atoms with E-state index in [4.69, 9.17) is 14.0 Å². The molecule has 0 saturated heterocycles. The predicted octanol–water partition coefficient (Wildman–Crippen LogP) is 3.56. The number of rotatable bonds is 7. The van der Waals surface area contributed by atoms with Gasteiger partial charge in [0.05, 0.1) is 13.2 Å². The van der Waals surface area contributed by atoms with E-state index in [0.29, 0.717) is 11.7 Å². The molecule has 0 spiro atoms. The molecule has 2 aromatic heterocycles. The fraction of sp³-hybridized carbons (Fsp3) is 0.318. The van der Waals surface area contributed by atoms with Gasteiger partial charge in [-0.05, 0) is 32.9 Å². The lowest BCUT2D eigenvalue weighted by molar-refractivity contribution is -0.134. The zero-order chi connectivity index (χ0) is 22.5. The normalized spacial score (nSPS) is 11.6. The molecular weight excluding hydrogens is 400 g/mol. The lowest BCUT2D eigenvalue weighted by atomic mass is 10.1. The molecule has 3 rings (SSSR count). The fourth-order valence-electron chi connectivity index (χ4n) is 2.99. The van der Waals surface area contributed by atoms with E-state index < -0.39 is 17.9 Å². The van der Waals surface area contributed by atoms with Gasteiger partial charge in [-0.3, -0.25) is 9.59 Å². The molecule has 1 amide bonds. The molecule has 0 bridgehead atoms. The highest BCUT2D eigenvalue weighted by Gasteiger charge is 2.24. The molecule has 0 aliphatic rings. The molecule has 0 fully saturated rings. The first kappa shape index (κ1) is 21.9. The molecule has 1 atom stereocenters. The molecule has 162 valence electrons. The molecule has 0 radical (unpaired) electrons. The second kappa shape index (κ2) is 9.38. The molecule has 1 N–H and O–H groups in total. The van der Waals surface area contributed by atoms with Crippen molar-refractivity contribution in [3.63, 3.8) is 0 Å². The van der Waals surface area contributed by atoms with Crippen LogP contribution in [0.2, 0.25) is 0 Å². The predicted molar refractivity (Wildman–Crippen MR) is 112 cm³/mol. The van der Waals surface area contributed by atoms with Gasteiger partial charge >= 0.3 is 5.97 Å². The third-order valence-corrected chi connectivity index (χ3v) is 4.45. The van der Waals surface area contributed by atoms with Gasteiger partial charge in [0.15, 0.2) is 17.3 Å². The first-order valence-electron chi connectivity index (χ1n) is 9.79. The van der Waals surface area contributed by atoms with Crippen molar-refractivity contribution in [2.75, 3.05) is 7.11 Å². The minimum absolute atomic E-state index is 0.0365. The van der Waals surface area contributed by atoms with Gasteiger partial charge in [0.25, 0.3) is 11.8 Å². The van der Waals surface area contributed by atoms with Crippen LogP contribution in [0.3, 0.4) is 0 Å². The smallest absolute Gasteiger partial charge is 0.311 e. The Balaban J connectivity index is 1.81. The standard InChI is InChI=1S/C22H24N4O5/c1-6-17(27)30-19-16(29-5)7-8-23-18(19)21(28)24-14(4)20-25-22(31-26-20)15-10-12(2)9-13(3)11-15/h7-11,14H,6H2,1-5H3,(H,24,28)/t14-/m0/s1. The number of amides is 1. The van der Waals surface area contributed by atoms with Crippen molar-refractivity contribution in [2.45, 2.75) is 40.2 Å². The van der Waals surface area contributed by atoms with E-state index in [0.717, 1.165) is 16.7 Å². The Kier molecular flexibility index (Phi) is 6.64. The Hall–Kier alpha value is -3.75. The lowest BCUT2D eigenvalue weighted by Crippen LogP contribution is -2.29. The number of esters is 1. The Morgan fingerprint density at radius 2 is 1.90 bits per heavy atom. The average molecular weight is 424 g/mol. The van der Waals surface area contributed by atoms with Crippen LogP contribution in [-0.2, 0) is 4.79 Å². The summed E-state index contributed by atoms with van der Waals surface area (Å²) in [6.45, 7) is 7.34. The van der Waals surface area contributed by atoms with Gasteiger partial charge in [0.2, 0.25) is 5.75 Å². The summed E-state index contributed by atoms with van der Waals surface area (Å²) in [4.78, 5) is 33.1. The molecule has 2 heterocycles. The molecular formula is C22H24N4O5. The van der Waals surface area contributed by atoms with E-state index in [1.807, 2.05) is 32.0 Å². The zero-order valence-corrected chi connectivity index (χ0v) is 18.1. The highest BCUT2D eigenvalue weighted by Crippen LogP contribution is 2.30. The number of carbonyl (C=O) groups excluding carboxylic acids is 2. The number of carbonyl (C=O) groups is 2. The second-order valence-electron chi connectivity index (χ2n) is 7.05. The SMILES string of the molecule is CCC(=O)Oc1c(OC)ccnc1C(=O)N[C@@H](C)c1noc(-c2cc(C)cc(C)c2)n1. The number of hydrogen-bond acceptors (Lipinski definition) is 8. The van der Waals surface area contributed by atoms with Crippen molar-refractivity contribution in [1.82, 2.24) is 20.4 Å². The quantitative estimate of drug-likeness (QED) is 0.572. The minimum atomic E-state index is -0.585. The summed E-state index contributed by atoms with van der Waals surface area (Å²) >= 11 is 0. The van der Waals surface area contributed by atoms with E-state index in [1.165, 1.54) is 19.4 Å². The van der Waals surface area contributed by atoms with E-state index in [-0.39, 0.29) is 23.6 Å². The molecule has 9 heteroatoms. The Morgan fingerprint density at radius 1 is 1.19 bits per heavy atom. The number of pyridine rings is 1. The molecule has 0 aliphatic carbocycles. The van der Waals surface area contributed by atoms with Gasteiger partial charge in [0.1, 0.15) is 0 Å². The van der Waals surface area contributed by atoms with Crippen molar-refractivity contribution in [3.8, 4) is 23.0 Å². The van der Waals surface area contributed by atoms with Crippen molar-refractivity contribution in [2.24, 2.45) is 0 Å². The number of ether oxygens (including phenoxy) is 2. The zero-order valence-electron chi connectivity index (χ0n) is 18.1. The largest absolute Gasteiger partial charge is 0.493 e. The van der Waals surface area contributed by atoms with Gasteiger partial charge < -0.3 is 19.3 Å². The maximum Gasteiger partial charge on any atom is 0.311 e. The maximum absolute atomic E-state index is 12.8. The topological polar surface area (TPSA) is 116 Å². The third kappa shape index (κ3) is 5.06. The molecule has 31 heavy (non-hydrogen) atoms. The summed E-state index contributed by atoms with van der Waals surface area (Å²) in [5.41, 5.74) is 2.88. The first-order chi connectivity index (χ1) is 14.8. The number of methoxy groups -OCH3 is 1. The average Bonchev–Trinajstić information content (AvgIpc) is 3.23. The maximum atomic E-state index is 12.8. The van der Waals surface area contributed by atoms with Gasteiger partial charge in [-0.1, -0.05) is 29.3 Å². The molecule has 0 aliphatic heterocycles. The highest BCUT2D eigenvalue weighted by molar-refractivity contribution is 5.96. The van der Waals surface area contributed by atoms with Gasteiger partial charge in [0, 0.05) is 24.2 Å². The van der Waals surface area contributed by atoms with E-state index in [9.17, 15) is 9.59 Å². The van der Waals surface area contributed by atoms with Crippen LogP contribution < -0.4 is 14.8 Å². The van der Waals surface area contributed by atoms with Crippen LogP contribution in [0.4, 0.5) is 0 Å². The molecule has 3 aromatic rings. The molecule has 0 unspecified atom stereocenters. The van der Waals surface area contributed by atoms with Crippen LogP contribution in [0.1, 0.15) is 53.7 Å². The third-order valence-electron chi connectivity index (χ3n) is 4.45. The minimum Gasteiger partial charge on any atom is -0.493 e. The summed E-state index contributed by atoms with van der Waals surface area (Å²) in [7, 11) is 1.41. The Bertz CT molecular complexity index is 1090. The van der Waals surface area contributed by atoms with Crippen LogP contribution in [0.25, 0.3) is 11.5 Å². The number of hydrogen-bond donors (Lipinski definition) is 1. The van der Waals surface area contributed by atoms with Crippen LogP contribution >= 0.6 is 0 Å². The number of nitrogens with zero attached hydrogens (tertiary/aromatic N) is 3. The molecule has 9 nitrogen and oxygen atoms in total. The lowest BCUT2D eigenvalue weighted by Gasteiger charge is -2.14. The van der Waals surface area contributed by atoms with Crippen molar-refractivity contribution < 1.29 is 23.6 Å². The monoisotopic (exact) mass is 424 g/mol. The van der Waals surface area contributed by atoms with Crippen molar-refractivity contribution in [1.29, 1.82) is 0 Å². The van der Waals surface area contributed by atoms with Crippen LogP contribution in [-0.4, -0.2) is 34.1 Å². The highest BCUT2D eigenvalue weighted by atomic mass is 16.6. The summed E-state index contributed by atoms with van der Waals surface area (Å²) in [6.07, 6.45) is 1.54. The number of aryl methyl sites for hydroxylation is 2. The van der Waals surface area contributed by atoms with Gasteiger partial charge in [-0.2, -0.15) is 4.98 Å². The summed E-state index contributed by atoms with van der Waals surface area (Å²) in [5, 5.41) is 6.73. The fourth-order valence-corrected chi connectivity index (χ4v) is 2.99. The number of nitrogens with one attached hydrogen (secondary N) is 1. The Labute approximate surface area is 179 Å². The summed E-state index contributed by atoms with van der Waals surface area (Å²) in [5.74, 6) is -0.220. The molecule has 1 aromatic carbocycles. The van der Waals surface area contributed by atoms with E-state index >= 15 is 0 Å². The van der Waals surface area contributed by atoms with Crippen LogP contribution in [0.15, 0.2) is 35.0 Å². The van der Waals surface area contributed by atoms with Crippen LogP contribution in [0.5, 0.6) is 11.5 Å². The number of aromatic nitrogens is 3. The molecule has 0 saturated carbocycles.